The summed E-state index contributed by atoms with van der Waals surface area (Å²) < 4.78 is 22.6. The van der Waals surface area contributed by atoms with Crippen LogP contribution in [0.5, 0.6) is 5.75 Å². The Labute approximate surface area is 220 Å². The number of ether oxygens (including phenoxy) is 1. The predicted octanol–water partition coefficient (Wildman–Crippen LogP) is 3.65. The molecule has 38 heavy (non-hydrogen) atoms. The summed E-state index contributed by atoms with van der Waals surface area (Å²) >= 11 is 6.57. The number of nitrogens with one attached hydrogen (secondary N) is 1. The third-order valence-electron chi connectivity index (χ3n) is 5.69. The fourth-order valence-electron chi connectivity index (χ4n) is 3.67. The van der Waals surface area contributed by atoms with Crippen molar-refractivity contribution in [3.05, 3.63) is 75.1 Å². The molecule has 2 aromatic heterocycles. The summed E-state index contributed by atoms with van der Waals surface area (Å²) in [6, 6.07) is 3.50. The van der Waals surface area contributed by atoms with Crippen molar-refractivity contribution in [2.45, 2.75) is 26.8 Å². The minimum atomic E-state index is -1.42. The third-order valence-corrected chi connectivity index (χ3v) is 6.05. The van der Waals surface area contributed by atoms with Gasteiger partial charge >= 0.3 is 5.97 Å². The van der Waals surface area contributed by atoms with Crippen LogP contribution in [0.15, 0.2) is 46.3 Å². The van der Waals surface area contributed by atoms with Gasteiger partial charge in [0.2, 0.25) is 0 Å². The summed E-state index contributed by atoms with van der Waals surface area (Å²) in [6.07, 6.45) is 5.25. The summed E-state index contributed by atoms with van der Waals surface area (Å²) in [4.78, 5) is 31.9. The van der Waals surface area contributed by atoms with Gasteiger partial charge in [0.15, 0.2) is 11.6 Å². The number of aliphatic hydroxyl groups is 1. The number of aliphatic imine (C=N–C) groups is 1. The average molecular weight is 541 g/mol. The minimum absolute atomic E-state index is 0.000817. The number of fused-ring (bicyclic) bond motifs is 2. The Hall–Kier alpha value is -4.58. The highest BCUT2D eigenvalue weighted by atomic mass is 35.5. The molecule has 0 radical (unpaired) electrons. The fourth-order valence-corrected chi connectivity index (χ4v) is 3.98. The number of aliphatic carboxylic acids is 1. The van der Waals surface area contributed by atoms with Gasteiger partial charge in [0.25, 0.3) is 5.91 Å². The van der Waals surface area contributed by atoms with Crippen molar-refractivity contribution < 1.29 is 28.9 Å². The van der Waals surface area contributed by atoms with Crippen LogP contribution in [0.2, 0.25) is 5.15 Å². The van der Waals surface area contributed by atoms with E-state index in [-0.39, 0.29) is 34.3 Å². The number of carboxylic acids is 1. The monoisotopic (exact) mass is 540 g/mol. The van der Waals surface area contributed by atoms with Gasteiger partial charge in [0.1, 0.15) is 28.8 Å². The molecule has 3 heterocycles. The molecule has 11 nitrogen and oxygen atoms in total. The lowest BCUT2D eigenvalue weighted by Crippen LogP contribution is -2.18. The molecule has 1 amide bonds. The SMILES string of the molecule is Cc1nn(-c2c(F)cc3c(C)c2OC[C@H](C)N=CC(C(=O)O)=C3O)c(Cl)c1/C=N\NC(=O)c1ccncc1. The minimum Gasteiger partial charge on any atom is -0.506 e. The Balaban J connectivity index is 1.78. The van der Waals surface area contributed by atoms with Gasteiger partial charge in [-0.2, -0.15) is 10.2 Å². The van der Waals surface area contributed by atoms with Gasteiger partial charge < -0.3 is 14.9 Å². The zero-order valence-corrected chi connectivity index (χ0v) is 21.2. The lowest BCUT2D eigenvalue weighted by atomic mass is 10.0. The van der Waals surface area contributed by atoms with Crippen LogP contribution >= 0.6 is 11.6 Å². The quantitative estimate of drug-likeness (QED) is 0.330. The van der Waals surface area contributed by atoms with E-state index >= 15 is 4.39 Å². The second-order valence-electron chi connectivity index (χ2n) is 8.35. The number of carbonyl (C=O) groups is 2. The molecule has 0 unspecified atom stereocenters. The molecule has 0 fully saturated rings. The summed E-state index contributed by atoms with van der Waals surface area (Å²) in [7, 11) is 0. The van der Waals surface area contributed by atoms with Crippen molar-refractivity contribution >= 4 is 41.7 Å². The molecule has 0 saturated carbocycles. The van der Waals surface area contributed by atoms with Gasteiger partial charge in [-0.25, -0.2) is 19.3 Å². The van der Waals surface area contributed by atoms with E-state index < -0.39 is 35.1 Å². The smallest absolute Gasteiger partial charge is 0.341 e. The van der Waals surface area contributed by atoms with Crippen LogP contribution in [0, 0.1) is 19.7 Å². The van der Waals surface area contributed by atoms with Crippen LogP contribution in [-0.4, -0.2) is 61.9 Å². The number of aromatic nitrogens is 3. The Kier molecular flexibility index (Phi) is 7.53. The van der Waals surface area contributed by atoms with Crippen LogP contribution in [0.25, 0.3) is 11.4 Å². The molecule has 0 saturated heterocycles. The molecule has 1 atom stereocenters. The highest BCUT2D eigenvalue weighted by molar-refractivity contribution is 6.32. The largest absolute Gasteiger partial charge is 0.506 e. The number of benzene rings is 1. The number of aliphatic hydroxyl groups excluding tert-OH is 1. The molecule has 13 heteroatoms. The normalized spacial score (nSPS) is 15.4. The highest BCUT2D eigenvalue weighted by Crippen LogP contribution is 2.38. The molecule has 196 valence electrons. The molecule has 3 aromatic rings. The Morgan fingerprint density at radius 2 is 2.03 bits per heavy atom. The third kappa shape index (κ3) is 5.11. The van der Waals surface area contributed by atoms with Crippen LogP contribution in [0.3, 0.4) is 0 Å². The second-order valence-corrected chi connectivity index (χ2v) is 8.71. The van der Waals surface area contributed by atoms with Crippen molar-refractivity contribution in [1.29, 1.82) is 0 Å². The maximum atomic E-state index is 15.6. The first-order chi connectivity index (χ1) is 18.1. The van der Waals surface area contributed by atoms with Crippen molar-refractivity contribution in [1.82, 2.24) is 20.2 Å². The van der Waals surface area contributed by atoms with Gasteiger partial charge in [-0.15, -0.1) is 0 Å². The number of carbonyl (C=O) groups excluding carboxylic acids is 1. The molecule has 0 spiro atoms. The van der Waals surface area contributed by atoms with Gasteiger partial charge in [0, 0.05) is 35.3 Å². The summed E-state index contributed by atoms with van der Waals surface area (Å²) in [5.74, 6) is -3.43. The molecule has 0 aliphatic carbocycles. The number of pyridine rings is 1. The number of hydrazone groups is 1. The lowest BCUT2D eigenvalue weighted by molar-refractivity contribution is -0.132. The van der Waals surface area contributed by atoms with E-state index in [2.05, 4.69) is 25.6 Å². The number of hydrogen-bond acceptors (Lipinski definition) is 8. The molecular formula is C25H22ClFN6O5. The van der Waals surface area contributed by atoms with Crippen LogP contribution in [0.1, 0.15) is 39.7 Å². The van der Waals surface area contributed by atoms with Gasteiger partial charge in [-0.05, 0) is 39.0 Å². The van der Waals surface area contributed by atoms with Crippen molar-refractivity contribution in [2.75, 3.05) is 6.61 Å². The number of nitrogens with zero attached hydrogens (tertiary/aromatic N) is 5. The second kappa shape index (κ2) is 10.8. The highest BCUT2D eigenvalue weighted by Gasteiger charge is 2.27. The number of halogens is 2. The van der Waals surface area contributed by atoms with Crippen molar-refractivity contribution in [3.63, 3.8) is 0 Å². The molecule has 4 rings (SSSR count). The lowest BCUT2D eigenvalue weighted by Gasteiger charge is -2.21. The standard InChI is InChI=1S/C25H22ClFN6O5/c1-12-11-38-22-13(2)16(21(34)18(9-29-12)25(36)37)8-19(27)20(22)33-23(26)17(14(3)32-33)10-30-31-24(35)15-4-6-28-7-5-15/h4-10,12,34H,11H2,1-3H3,(H,31,35)(H,36,37)/b21-18?,29-9?,30-10-/t12-/m0/s1. The maximum Gasteiger partial charge on any atom is 0.341 e. The van der Waals surface area contributed by atoms with Crippen LogP contribution < -0.4 is 10.2 Å². The van der Waals surface area contributed by atoms with E-state index in [4.69, 9.17) is 16.3 Å². The van der Waals surface area contributed by atoms with E-state index in [1.165, 1.54) is 30.7 Å². The first-order valence-corrected chi connectivity index (χ1v) is 11.6. The molecular weight excluding hydrogens is 519 g/mol. The predicted molar refractivity (Wildman–Crippen MR) is 138 cm³/mol. The summed E-state index contributed by atoms with van der Waals surface area (Å²) in [5.41, 5.74) is 2.96. The number of aryl methyl sites for hydroxylation is 1. The Bertz CT molecular complexity index is 1520. The van der Waals surface area contributed by atoms with Gasteiger partial charge in [0.05, 0.1) is 23.5 Å². The van der Waals surface area contributed by atoms with Crippen LogP contribution in [-0.2, 0) is 4.79 Å². The van der Waals surface area contributed by atoms with Crippen molar-refractivity contribution in [3.8, 4) is 11.4 Å². The fraction of sp³-hybridized carbons (Fsp3) is 0.200. The van der Waals surface area contributed by atoms with Crippen molar-refractivity contribution in [2.24, 2.45) is 10.1 Å². The molecule has 3 N–H and O–H groups in total. The maximum absolute atomic E-state index is 15.6. The Morgan fingerprint density at radius 1 is 1.32 bits per heavy atom. The summed E-state index contributed by atoms with van der Waals surface area (Å²) in [6.45, 7) is 4.82. The number of rotatable bonds is 5. The van der Waals surface area contributed by atoms with E-state index in [9.17, 15) is 19.8 Å². The van der Waals surface area contributed by atoms with Crippen LogP contribution in [0.4, 0.5) is 4.39 Å². The topological polar surface area (TPSA) is 151 Å². The first kappa shape index (κ1) is 26.5. The average Bonchev–Trinajstić information content (AvgIpc) is 3.16. The van der Waals surface area contributed by atoms with Gasteiger partial charge in [-0.3, -0.25) is 14.8 Å². The van der Waals surface area contributed by atoms with E-state index in [1.807, 2.05) is 0 Å². The molecule has 1 aliphatic rings. The molecule has 1 aliphatic heterocycles. The number of carboxylic acid groups (broad SMARTS) is 1. The van der Waals surface area contributed by atoms with E-state index in [0.29, 0.717) is 16.8 Å². The molecule has 1 aromatic carbocycles. The zero-order valence-electron chi connectivity index (χ0n) is 20.4. The first-order valence-electron chi connectivity index (χ1n) is 11.2. The van der Waals surface area contributed by atoms with Gasteiger partial charge in [-0.1, -0.05) is 11.6 Å². The summed E-state index contributed by atoms with van der Waals surface area (Å²) in [5, 5.41) is 28.5. The van der Waals surface area contributed by atoms with E-state index in [1.54, 1.807) is 20.8 Å². The number of amides is 1. The number of hydrogen-bond donors (Lipinski definition) is 3. The zero-order chi connectivity index (χ0) is 27.6. The Morgan fingerprint density at radius 3 is 2.71 bits per heavy atom. The van der Waals surface area contributed by atoms with E-state index in [0.717, 1.165) is 17.0 Å². The molecule has 2 bridgehead atoms.